The SMILES string of the molecule is O=C(c1ccc(F)cc1[N+](=O)[O-])N1CCC(Cl)CC1. The van der Waals surface area contributed by atoms with E-state index in [9.17, 15) is 19.3 Å². The third-order valence-electron chi connectivity index (χ3n) is 3.10. The molecule has 1 aromatic rings. The molecule has 1 aliphatic heterocycles. The number of halogens is 2. The maximum Gasteiger partial charge on any atom is 0.285 e. The molecule has 7 heteroatoms. The summed E-state index contributed by atoms with van der Waals surface area (Å²) in [5.74, 6) is -1.18. The van der Waals surface area contributed by atoms with Gasteiger partial charge in [-0.1, -0.05) is 0 Å². The molecule has 1 saturated heterocycles. The minimum absolute atomic E-state index is 0.0345. The highest BCUT2D eigenvalue weighted by Crippen LogP contribution is 2.24. The summed E-state index contributed by atoms with van der Waals surface area (Å²) in [4.78, 5) is 23.8. The highest BCUT2D eigenvalue weighted by Gasteiger charge is 2.27. The van der Waals surface area contributed by atoms with E-state index in [4.69, 9.17) is 11.6 Å². The Labute approximate surface area is 114 Å². The van der Waals surface area contributed by atoms with Crippen molar-refractivity contribution in [2.24, 2.45) is 0 Å². The van der Waals surface area contributed by atoms with Crippen LogP contribution in [0.2, 0.25) is 0 Å². The van der Waals surface area contributed by atoms with Crippen LogP contribution in [0.25, 0.3) is 0 Å². The number of carbonyl (C=O) groups is 1. The predicted molar refractivity (Wildman–Crippen MR) is 67.8 cm³/mol. The van der Waals surface area contributed by atoms with Crippen LogP contribution < -0.4 is 0 Å². The Morgan fingerprint density at radius 1 is 1.42 bits per heavy atom. The van der Waals surface area contributed by atoms with Crippen molar-refractivity contribution in [3.05, 3.63) is 39.7 Å². The van der Waals surface area contributed by atoms with Crippen molar-refractivity contribution >= 4 is 23.2 Å². The molecule has 5 nitrogen and oxygen atoms in total. The standard InChI is InChI=1S/C12H12ClFN2O3/c13-8-3-5-15(6-4-8)12(17)10-2-1-9(14)7-11(10)16(18)19/h1-2,7-8H,3-6H2. The molecule has 2 rings (SSSR count). The molecule has 1 fully saturated rings. The quantitative estimate of drug-likeness (QED) is 0.477. The molecule has 0 aromatic heterocycles. The van der Waals surface area contributed by atoms with E-state index in [0.29, 0.717) is 25.9 Å². The fourth-order valence-electron chi connectivity index (χ4n) is 2.06. The van der Waals surface area contributed by atoms with E-state index in [0.717, 1.165) is 18.2 Å². The second kappa shape index (κ2) is 5.52. The molecule has 0 unspecified atom stereocenters. The number of hydrogen-bond acceptors (Lipinski definition) is 3. The van der Waals surface area contributed by atoms with Gasteiger partial charge in [0.15, 0.2) is 0 Å². The van der Waals surface area contributed by atoms with Crippen LogP contribution in [-0.4, -0.2) is 34.2 Å². The lowest BCUT2D eigenvalue weighted by molar-refractivity contribution is -0.385. The lowest BCUT2D eigenvalue weighted by Gasteiger charge is -2.29. The Morgan fingerprint density at radius 3 is 2.63 bits per heavy atom. The summed E-state index contributed by atoms with van der Waals surface area (Å²) in [7, 11) is 0. The van der Waals surface area contributed by atoms with Gasteiger partial charge >= 0.3 is 0 Å². The second-order valence-corrected chi connectivity index (χ2v) is 5.00. The molecule has 1 heterocycles. The van der Waals surface area contributed by atoms with Crippen LogP contribution in [-0.2, 0) is 0 Å². The molecule has 102 valence electrons. The number of nitro groups is 1. The molecule has 1 aromatic carbocycles. The maximum absolute atomic E-state index is 13.0. The third-order valence-corrected chi connectivity index (χ3v) is 3.54. The van der Waals surface area contributed by atoms with Crippen LogP contribution in [0.1, 0.15) is 23.2 Å². The average molecular weight is 287 g/mol. The molecule has 0 N–H and O–H groups in total. The van der Waals surface area contributed by atoms with Crippen molar-refractivity contribution in [1.82, 2.24) is 4.90 Å². The van der Waals surface area contributed by atoms with E-state index in [1.807, 2.05) is 0 Å². The lowest BCUT2D eigenvalue weighted by atomic mass is 10.1. The molecule has 1 aliphatic rings. The number of rotatable bonds is 2. The summed E-state index contributed by atoms with van der Waals surface area (Å²) in [6.07, 6.45) is 1.31. The first-order valence-corrected chi connectivity index (χ1v) is 6.30. The highest BCUT2D eigenvalue weighted by atomic mass is 35.5. The summed E-state index contributed by atoms with van der Waals surface area (Å²) in [5.41, 5.74) is -0.586. The number of carbonyl (C=O) groups excluding carboxylic acids is 1. The summed E-state index contributed by atoms with van der Waals surface area (Å²) in [6.45, 7) is 0.920. The summed E-state index contributed by atoms with van der Waals surface area (Å²) in [5, 5.41) is 10.9. The molecule has 0 atom stereocenters. The van der Waals surface area contributed by atoms with E-state index in [-0.39, 0.29) is 10.9 Å². The van der Waals surface area contributed by atoms with Gasteiger partial charge in [-0.25, -0.2) is 4.39 Å². The minimum atomic E-state index is -0.745. The highest BCUT2D eigenvalue weighted by molar-refractivity contribution is 6.20. The Balaban J connectivity index is 2.26. The van der Waals surface area contributed by atoms with E-state index in [1.165, 1.54) is 4.90 Å². The normalized spacial score (nSPS) is 16.4. The topological polar surface area (TPSA) is 63.4 Å². The Hall–Kier alpha value is -1.69. The largest absolute Gasteiger partial charge is 0.338 e. The zero-order valence-electron chi connectivity index (χ0n) is 10.0. The van der Waals surface area contributed by atoms with E-state index >= 15 is 0 Å². The van der Waals surface area contributed by atoms with Crippen LogP contribution in [0.5, 0.6) is 0 Å². The summed E-state index contributed by atoms with van der Waals surface area (Å²) >= 11 is 5.94. The first-order chi connectivity index (χ1) is 8.99. The van der Waals surface area contributed by atoms with Crippen molar-refractivity contribution in [3.63, 3.8) is 0 Å². The summed E-state index contributed by atoms with van der Waals surface area (Å²) in [6, 6.07) is 2.97. The molecule has 0 bridgehead atoms. The van der Waals surface area contributed by atoms with Crippen LogP contribution in [0.4, 0.5) is 10.1 Å². The molecule has 0 aliphatic carbocycles. The van der Waals surface area contributed by atoms with Gasteiger partial charge in [0.1, 0.15) is 11.4 Å². The van der Waals surface area contributed by atoms with Gasteiger partial charge in [0.05, 0.1) is 11.0 Å². The molecular formula is C12H12ClFN2O3. The van der Waals surface area contributed by atoms with Gasteiger partial charge in [-0.05, 0) is 25.0 Å². The minimum Gasteiger partial charge on any atom is -0.338 e. The lowest BCUT2D eigenvalue weighted by Crippen LogP contribution is -2.39. The van der Waals surface area contributed by atoms with E-state index < -0.39 is 22.3 Å². The van der Waals surface area contributed by atoms with Crippen LogP contribution >= 0.6 is 11.6 Å². The van der Waals surface area contributed by atoms with Gasteiger partial charge in [-0.3, -0.25) is 14.9 Å². The van der Waals surface area contributed by atoms with Gasteiger partial charge in [0, 0.05) is 18.5 Å². The zero-order valence-corrected chi connectivity index (χ0v) is 10.8. The molecule has 0 radical (unpaired) electrons. The van der Waals surface area contributed by atoms with Gasteiger partial charge in [-0.2, -0.15) is 0 Å². The van der Waals surface area contributed by atoms with Crippen molar-refractivity contribution in [1.29, 1.82) is 0 Å². The number of nitro benzene ring substituents is 1. The molecule has 0 saturated carbocycles. The number of alkyl halides is 1. The second-order valence-electron chi connectivity index (χ2n) is 4.39. The zero-order chi connectivity index (χ0) is 14.0. The Bertz CT molecular complexity index is 516. The molecular weight excluding hydrogens is 275 g/mol. The van der Waals surface area contributed by atoms with Gasteiger partial charge in [-0.15, -0.1) is 11.6 Å². The Morgan fingerprint density at radius 2 is 2.05 bits per heavy atom. The number of nitrogens with zero attached hydrogens (tertiary/aromatic N) is 2. The average Bonchev–Trinajstić information content (AvgIpc) is 2.38. The maximum atomic E-state index is 13.0. The molecule has 1 amide bonds. The van der Waals surface area contributed by atoms with Gasteiger partial charge < -0.3 is 4.90 Å². The third kappa shape index (κ3) is 3.01. The first kappa shape index (κ1) is 13.7. The smallest absolute Gasteiger partial charge is 0.285 e. The van der Waals surface area contributed by atoms with Crippen molar-refractivity contribution in [2.75, 3.05) is 13.1 Å². The van der Waals surface area contributed by atoms with Crippen LogP contribution in [0, 0.1) is 15.9 Å². The number of piperidine rings is 1. The van der Waals surface area contributed by atoms with Crippen molar-refractivity contribution in [2.45, 2.75) is 18.2 Å². The van der Waals surface area contributed by atoms with E-state index in [2.05, 4.69) is 0 Å². The van der Waals surface area contributed by atoms with Crippen LogP contribution in [0.3, 0.4) is 0 Å². The van der Waals surface area contributed by atoms with E-state index in [1.54, 1.807) is 0 Å². The van der Waals surface area contributed by atoms with Crippen LogP contribution in [0.15, 0.2) is 18.2 Å². The Kier molecular flexibility index (Phi) is 3.99. The number of likely N-dealkylation sites (tertiary alicyclic amines) is 1. The molecule has 0 spiro atoms. The van der Waals surface area contributed by atoms with Gasteiger partial charge in [0.25, 0.3) is 11.6 Å². The number of amides is 1. The van der Waals surface area contributed by atoms with Gasteiger partial charge in [0.2, 0.25) is 0 Å². The first-order valence-electron chi connectivity index (χ1n) is 5.86. The van der Waals surface area contributed by atoms with Crippen molar-refractivity contribution < 1.29 is 14.1 Å². The number of hydrogen-bond donors (Lipinski definition) is 0. The number of benzene rings is 1. The predicted octanol–water partition coefficient (Wildman–Crippen LogP) is 2.58. The fourth-order valence-corrected chi connectivity index (χ4v) is 2.25. The fraction of sp³-hybridized carbons (Fsp3) is 0.417. The van der Waals surface area contributed by atoms with Crippen molar-refractivity contribution in [3.8, 4) is 0 Å². The molecule has 19 heavy (non-hydrogen) atoms. The summed E-state index contributed by atoms with van der Waals surface area (Å²) < 4.78 is 13.0. The monoisotopic (exact) mass is 286 g/mol.